The van der Waals surface area contributed by atoms with Gasteiger partial charge in [-0.25, -0.2) is 4.98 Å². The van der Waals surface area contributed by atoms with E-state index in [-0.39, 0.29) is 11.8 Å². The highest BCUT2D eigenvalue weighted by Gasteiger charge is 2.15. The summed E-state index contributed by atoms with van der Waals surface area (Å²) >= 11 is 0. The molecule has 3 rings (SSSR count). The Hall–Kier alpha value is -2.89. The molecule has 0 spiro atoms. The van der Waals surface area contributed by atoms with Gasteiger partial charge in [0, 0.05) is 12.1 Å². The van der Waals surface area contributed by atoms with E-state index in [0.29, 0.717) is 12.4 Å². The molecule has 0 aliphatic rings. The number of anilines is 1. The Balaban J connectivity index is 1.64. The number of H-pyrrole nitrogens is 1. The highest BCUT2D eigenvalue weighted by atomic mass is 16.5. The molecule has 0 aliphatic carbocycles. The van der Waals surface area contributed by atoms with Crippen LogP contribution in [0.5, 0.6) is 5.75 Å². The number of benzene rings is 1. The molecule has 0 aliphatic heterocycles. The number of methoxy groups -OCH3 is 1. The second kappa shape index (κ2) is 6.48. The van der Waals surface area contributed by atoms with Crippen molar-refractivity contribution in [2.75, 3.05) is 12.4 Å². The van der Waals surface area contributed by atoms with Crippen LogP contribution in [0.3, 0.4) is 0 Å². The number of imidazole rings is 1. The fourth-order valence-corrected chi connectivity index (χ4v) is 2.36. The molecule has 6 nitrogen and oxygen atoms in total. The highest BCUT2D eigenvalue weighted by molar-refractivity contribution is 5.92. The van der Waals surface area contributed by atoms with Gasteiger partial charge in [0.1, 0.15) is 5.75 Å². The zero-order chi connectivity index (χ0) is 16.2. The van der Waals surface area contributed by atoms with Gasteiger partial charge in [0.15, 0.2) is 0 Å². The van der Waals surface area contributed by atoms with E-state index in [0.717, 1.165) is 22.3 Å². The first-order chi connectivity index (χ1) is 11.2. The van der Waals surface area contributed by atoms with Crippen LogP contribution in [-0.4, -0.2) is 28.0 Å². The molecule has 0 saturated heterocycles. The van der Waals surface area contributed by atoms with Crippen LogP contribution >= 0.6 is 0 Å². The maximum absolute atomic E-state index is 12.3. The van der Waals surface area contributed by atoms with E-state index in [1.54, 1.807) is 25.6 Å². The summed E-state index contributed by atoms with van der Waals surface area (Å²) in [6, 6.07) is 9.52. The third-order valence-corrected chi connectivity index (χ3v) is 3.67. The molecule has 2 N–H and O–H groups in total. The van der Waals surface area contributed by atoms with Crippen molar-refractivity contribution in [3.63, 3.8) is 0 Å². The maximum Gasteiger partial charge on any atom is 0.229 e. The van der Waals surface area contributed by atoms with Crippen molar-refractivity contribution in [2.45, 2.75) is 13.3 Å². The average molecular weight is 310 g/mol. The molecule has 118 valence electrons. The van der Waals surface area contributed by atoms with Crippen LogP contribution in [0.15, 0.2) is 42.7 Å². The number of hydrogen-bond acceptors (Lipinski definition) is 4. The van der Waals surface area contributed by atoms with Gasteiger partial charge < -0.3 is 9.72 Å². The lowest BCUT2D eigenvalue weighted by Crippen LogP contribution is -2.22. The Morgan fingerprint density at radius 2 is 2.09 bits per heavy atom. The molecule has 1 unspecified atom stereocenters. The molecule has 2 aromatic heterocycles. The number of ether oxygens (including phenoxy) is 1. The molecular formula is C17H18N4O2. The summed E-state index contributed by atoms with van der Waals surface area (Å²) in [4.78, 5) is 23.7. The third kappa shape index (κ3) is 3.48. The summed E-state index contributed by atoms with van der Waals surface area (Å²) in [5.41, 5.74) is 2.66. The predicted molar refractivity (Wildman–Crippen MR) is 88.4 cm³/mol. The van der Waals surface area contributed by atoms with Crippen molar-refractivity contribution in [1.29, 1.82) is 0 Å². The minimum atomic E-state index is -0.172. The quantitative estimate of drug-likeness (QED) is 0.759. The summed E-state index contributed by atoms with van der Waals surface area (Å²) in [7, 11) is 1.63. The first kappa shape index (κ1) is 15.0. The van der Waals surface area contributed by atoms with Crippen molar-refractivity contribution >= 4 is 22.9 Å². The molecule has 3 aromatic rings. The van der Waals surface area contributed by atoms with Crippen LogP contribution in [0, 0.1) is 5.92 Å². The van der Waals surface area contributed by atoms with Crippen molar-refractivity contribution in [1.82, 2.24) is 15.0 Å². The Labute approximate surface area is 133 Å². The van der Waals surface area contributed by atoms with Gasteiger partial charge in [-0.05, 0) is 30.2 Å². The summed E-state index contributed by atoms with van der Waals surface area (Å²) in [6.07, 6.45) is 4.00. The van der Waals surface area contributed by atoms with E-state index in [1.165, 1.54) is 0 Å². The predicted octanol–water partition coefficient (Wildman–Crippen LogP) is 2.78. The minimum absolute atomic E-state index is 0.0761. The number of aromatic amines is 1. The van der Waals surface area contributed by atoms with Crippen LogP contribution in [0.25, 0.3) is 11.0 Å². The molecule has 6 heteroatoms. The number of rotatable bonds is 5. The molecule has 23 heavy (non-hydrogen) atoms. The van der Waals surface area contributed by atoms with E-state index < -0.39 is 0 Å². The summed E-state index contributed by atoms with van der Waals surface area (Å²) < 4.78 is 5.13. The Morgan fingerprint density at radius 1 is 1.30 bits per heavy atom. The van der Waals surface area contributed by atoms with Crippen LogP contribution in [0.2, 0.25) is 0 Å². The fraction of sp³-hybridized carbons (Fsp3) is 0.235. The molecule has 0 saturated carbocycles. The van der Waals surface area contributed by atoms with Gasteiger partial charge in [0.25, 0.3) is 0 Å². The van der Waals surface area contributed by atoms with E-state index in [9.17, 15) is 4.79 Å². The monoisotopic (exact) mass is 310 g/mol. The zero-order valence-corrected chi connectivity index (χ0v) is 13.0. The van der Waals surface area contributed by atoms with Crippen LogP contribution in [-0.2, 0) is 11.2 Å². The average Bonchev–Trinajstić information content (AvgIpc) is 2.97. The number of carbonyl (C=O) groups is 1. The van der Waals surface area contributed by atoms with Gasteiger partial charge >= 0.3 is 0 Å². The van der Waals surface area contributed by atoms with E-state index >= 15 is 0 Å². The fourth-order valence-electron chi connectivity index (χ4n) is 2.36. The van der Waals surface area contributed by atoms with Crippen molar-refractivity contribution < 1.29 is 9.53 Å². The second-order valence-electron chi connectivity index (χ2n) is 5.42. The van der Waals surface area contributed by atoms with Gasteiger partial charge in [-0.15, -0.1) is 0 Å². The Bertz CT molecular complexity index is 778. The number of pyridine rings is 1. The first-order valence-corrected chi connectivity index (χ1v) is 7.39. The van der Waals surface area contributed by atoms with Crippen LogP contribution in [0.4, 0.5) is 5.95 Å². The third-order valence-electron chi connectivity index (χ3n) is 3.67. The summed E-state index contributed by atoms with van der Waals surface area (Å²) in [5.74, 6) is 1.00. The van der Waals surface area contributed by atoms with Crippen LogP contribution < -0.4 is 10.1 Å². The second-order valence-corrected chi connectivity index (χ2v) is 5.42. The molecule has 0 fully saturated rings. The van der Waals surface area contributed by atoms with E-state index in [2.05, 4.69) is 20.3 Å². The molecule has 0 radical (unpaired) electrons. The van der Waals surface area contributed by atoms with E-state index in [1.807, 2.05) is 31.2 Å². The summed E-state index contributed by atoms with van der Waals surface area (Å²) in [5, 5.41) is 2.82. The number of aromatic nitrogens is 3. The lowest BCUT2D eigenvalue weighted by molar-refractivity contribution is -0.119. The van der Waals surface area contributed by atoms with Gasteiger partial charge in [-0.3, -0.25) is 15.1 Å². The number of fused-ring (bicyclic) bond motifs is 1. The Kier molecular flexibility index (Phi) is 4.23. The smallest absolute Gasteiger partial charge is 0.229 e. The molecule has 0 bridgehead atoms. The molecular weight excluding hydrogens is 292 g/mol. The summed E-state index contributed by atoms with van der Waals surface area (Å²) in [6.45, 7) is 1.89. The standard InChI is InChI=1S/C17H18N4O2/c1-11(9-12-3-5-13(23-2)6-4-12)16(22)21-17-19-14-7-8-18-10-15(14)20-17/h3-8,10-11H,9H2,1-2H3,(H2,19,20,21,22). The molecule has 1 amide bonds. The Morgan fingerprint density at radius 3 is 2.78 bits per heavy atom. The van der Waals surface area contributed by atoms with Crippen LogP contribution in [0.1, 0.15) is 12.5 Å². The van der Waals surface area contributed by atoms with Gasteiger partial charge in [0.2, 0.25) is 11.9 Å². The van der Waals surface area contributed by atoms with Gasteiger partial charge in [-0.2, -0.15) is 0 Å². The first-order valence-electron chi connectivity index (χ1n) is 7.39. The van der Waals surface area contributed by atoms with Gasteiger partial charge in [0.05, 0.1) is 24.3 Å². The number of carbonyl (C=O) groups excluding carboxylic acids is 1. The normalized spacial score (nSPS) is 12.1. The minimum Gasteiger partial charge on any atom is -0.497 e. The van der Waals surface area contributed by atoms with Crippen molar-refractivity contribution in [3.8, 4) is 5.75 Å². The maximum atomic E-state index is 12.3. The number of nitrogens with zero attached hydrogens (tertiary/aromatic N) is 2. The van der Waals surface area contributed by atoms with E-state index in [4.69, 9.17) is 4.74 Å². The van der Waals surface area contributed by atoms with Crippen molar-refractivity contribution in [3.05, 3.63) is 48.3 Å². The number of amides is 1. The lowest BCUT2D eigenvalue weighted by Gasteiger charge is -2.11. The van der Waals surface area contributed by atoms with Crippen molar-refractivity contribution in [2.24, 2.45) is 5.92 Å². The lowest BCUT2D eigenvalue weighted by atomic mass is 10.0. The highest BCUT2D eigenvalue weighted by Crippen LogP contribution is 2.17. The topological polar surface area (TPSA) is 79.9 Å². The SMILES string of the molecule is COc1ccc(CC(C)C(=O)Nc2nc3ccncc3[nH]2)cc1. The molecule has 2 heterocycles. The number of nitrogens with one attached hydrogen (secondary N) is 2. The molecule has 1 aromatic carbocycles. The molecule has 1 atom stereocenters. The van der Waals surface area contributed by atoms with Gasteiger partial charge in [-0.1, -0.05) is 19.1 Å². The number of hydrogen-bond donors (Lipinski definition) is 2. The zero-order valence-electron chi connectivity index (χ0n) is 13.0. The largest absolute Gasteiger partial charge is 0.497 e.